The van der Waals surface area contributed by atoms with Gasteiger partial charge in [-0.15, -0.1) is 10.2 Å². The van der Waals surface area contributed by atoms with Gasteiger partial charge in [-0.05, 0) is 60.0 Å². The molecule has 0 aliphatic heterocycles. The van der Waals surface area contributed by atoms with Crippen molar-refractivity contribution in [2.75, 3.05) is 5.32 Å². The van der Waals surface area contributed by atoms with Crippen LogP contribution in [0.3, 0.4) is 0 Å². The third-order valence-electron chi connectivity index (χ3n) is 6.10. The average Bonchev–Trinajstić information content (AvgIpc) is 2.90. The molecule has 0 unspecified atom stereocenters. The van der Waals surface area contributed by atoms with E-state index in [2.05, 4.69) is 15.5 Å². The zero-order valence-corrected chi connectivity index (χ0v) is 26.3. The summed E-state index contributed by atoms with van der Waals surface area (Å²) in [4.78, 5) is -2.28. The minimum Gasteiger partial charge on any atom is -0.744 e. The first-order valence-electron chi connectivity index (χ1n) is 11.6. The van der Waals surface area contributed by atoms with Crippen LogP contribution < -0.4 is 34.9 Å². The summed E-state index contributed by atoms with van der Waals surface area (Å²) in [5, 5.41) is 21.2. The van der Waals surface area contributed by atoms with Gasteiger partial charge >= 0.3 is 29.6 Å². The van der Waals surface area contributed by atoms with Crippen molar-refractivity contribution in [3.8, 4) is 5.75 Å². The van der Waals surface area contributed by atoms with Crippen molar-refractivity contribution in [1.29, 1.82) is 0 Å². The molecule has 0 aliphatic rings. The van der Waals surface area contributed by atoms with Crippen LogP contribution in [0.1, 0.15) is 0 Å². The van der Waals surface area contributed by atoms with Gasteiger partial charge in [0.05, 0.1) is 31.4 Å². The molecule has 43 heavy (non-hydrogen) atoms. The zero-order chi connectivity index (χ0) is 30.4. The Labute approximate surface area is 267 Å². The monoisotopic (exact) mass is 649 g/mol. The molecule has 0 heterocycles. The van der Waals surface area contributed by atoms with Gasteiger partial charge in [-0.25, -0.2) is 25.3 Å². The number of phenolic OH excluding ortho intramolecular Hbond substituents is 1. The number of nitrogens with zero attached hydrogens (tertiary/aromatic N) is 2. The minimum absolute atomic E-state index is 0. The molecule has 0 aromatic heterocycles. The number of rotatable bonds is 7. The van der Waals surface area contributed by atoms with Crippen LogP contribution in [0.2, 0.25) is 0 Å². The molecule has 5 aromatic rings. The van der Waals surface area contributed by atoms with Crippen molar-refractivity contribution in [2.45, 2.75) is 14.7 Å². The summed E-state index contributed by atoms with van der Waals surface area (Å²) in [5.74, 6) is -0.766. The number of benzene rings is 5. The fourth-order valence-electron chi connectivity index (χ4n) is 4.33. The summed E-state index contributed by atoms with van der Waals surface area (Å²) in [5.41, 5.74) is 0.458. The number of para-hydroxylation sites is 1. The fraction of sp³-hybridized carbons (Fsp3) is 0. The van der Waals surface area contributed by atoms with E-state index in [-0.39, 0.29) is 68.2 Å². The molecular formula is C26H16N3NaO10S3-2. The van der Waals surface area contributed by atoms with E-state index in [1.165, 1.54) is 24.3 Å². The van der Waals surface area contributed by atoms with Gasteiger partial charge in [-0.1, -0.05) is 30.3 Å². The Hall–Kier alpha value is -3.45. The van der Waals surface area contributed by atoms with Gasteiger partial charge < -0.3 is 24.1 Å². The summed E-state index contributed by atoms with van der Waals surface area (Å²) < 4.78 is 106. The van der Waals surface area contributed by atoms with Gasteiger partial charge in [0.2, 0.25) is 0 Å². The third-order valence-corrected chi connectivity index (χ3v) is 8.60. The number of nitrogens with one attached hydrogen (secondary N) is 1. The van der Waals surface area contributed by atoms with E-state index >= 15 is 0 Å². The Morgan fingerprint density at radius 3 is 1.84 bits per heavy atom. The maximum Gasteiger partial charge on any atom is 1.00 e. The van der Waals surface area contributed by atoms with Crippen molar-refractivity contribution in [3.63, 3.8) is 0 Å². The molecule has 17 heteroatoms. The maximum atomic E-state index is 12.1. The number of anilines is 2. The van der Waals surface area contributed by atoms with Crippen molar-refractivity contribution < 1.29 is 73.6 Å². The summed E-state index contributed by atoms with van der Waals surface area (Å²) in [6.45, 7) is 0. The minimum atomic E-state index is -5.12. The molecule has 0 radical (unpaired) electrons. The maximum absolute atomic E-state index is 12.1. The standard InChI is InChI=1S/C26H19N3O10S3.Na/c30-23-14-18(41(34,35)36)12-15-11-17(40(31,32)33)13-22(25(15)23)29-28-20-9-10-21(27-16-5-2-1-3-6-16)26-19(20)7-4-8-24(26)42(37,38)39;/h1-14,27,30H,(H,31,32,33)(H,34,35,36)(H,37,38,39);/q;+1/p-3. The summed E-state index contributed by atoms with van der Waals surface area (Å²) >= 11 is 0. The molecule has 0 spiro atoms. The normalized spacial score (nSPS) is 12.4. The van der Waals surface area contributed by atoms with Crippen LogP contribution in [0.4, 0.5) is 22.7 Å². The van der Waals surface area contributed by atoms with E-state index in [0.29, 0.717) is 11.8 Å². The van der Waals surface area contributed by atoms with Gasteiger partial charge in [-0.2, -0.15) is 0 Å². The Bertz CT molecular complexity index is 2260. The smallest absolute Gasteiger partial charge is 0.744 e. The van der Waals surface area contributed by atoms with Crippen molar-refractivity contribution in [1.82, 2.24) is 0 Å². The quantitative estimate of drug-likeness (QED) is 0.146. The summed E-state index contributed by atoms with van der Waals surface area (Å²) in [6.07, 6.45) is 0. The van der Waals surface area contributed by atoms with Crippen LogP contribution in [-0.4, -0.2) is 44.0 Å². The largest absolute Gasteiger partial charge is 1.00 e. The van der Waals surface area contributed by atoms with Crippen molar-refractivity contribution in [2.24, 2.45) is 10.2 Å². The molecule has 2 N–H and O–H groups in total. The van der Waals surface area contributed by atoms with E-state index in [1.807, 2.05) is 0 Å². The zero-order valence-electron chi connectivity index (χ0n) is 21.8. The number of azo groups is 1. The first kappa shape index (κ1) is 32.5. The van der Waals surface area contributed by atoms with Gasteiger partial charge in [0.15, 0.2) is 0 Å². The molecule has 5 aromatic carbocycles. The molecule has 13 nitrogen and oxygen atoms in total. The van der Waals surface area contributed by atoms with E-state index in [1.54, 1.807) is 30.3 Å². The Morgan fingerprint density at radius 1 is 0.628 bits per heavy atom. The first-order valence-corrected chi connectivity index (χ1v) is 15.8. The summed E-state index contributed by atoms with van der Waals surface area (Å²) in [7, 11) is -15.2. The molecule has 0 saturated heterocycles. The second-order valence-electron chi connectivity index (χ2n) is 8.85. The van der Waals surface area contributed by atoms with Gasteiger partial charge in [0.1, 0.15) is 36.1 Å². The molecule has 0 bridgehead atoms. The number of aromatic hydroxyl groups is 1. The van der Waals surface area contributed by atoms with Crippen molar-refractivity contribution >= 4 is 74.6 Å². The van der Waals surface area contributed by atoms with Crippen LogP contribution in [-0.2, 0) is 30.4 Å². The van der Waals surface area contributed by atoms with Crippen molar-refractivity contribution in [3.05, 3.63) is 84.9 Å². The van der Waals surface area contributed by atoms with Gasteiger partial charge in [0.25, 0.3) is 0 Å². The molecule has 0 saturated carbocycles. The Morgan fingerprint density at radius 2 is 1.23 bits per heavy atom. The molecule has 0 atom stereocenters. The second-order valence-corrected chi connectivity index (χ2v) is 13.0. The van der Waals surface area contributed by atoms with Crippen LogP contribution in [0.25, 0.3) is 21.5 Å². The second kappa shape index (κ2) is 11.9. The molecule has 0 amide bonds. The molecular weight excluding hydrogens is 633 g/mol. The van der Waals surface area contributed by atoms with Crippen LogP contribution in [0.15, 0.2) is 110 Å². The van der Waals surface area contributed by atoms with E-state index in [9.17, 15) is 44.0 Å². The van der Waals surface area contributed by atoms with Crippen LogP contribution >= 0.6 is 0 Å². The van der Waals surface area contributed by atoms with Gasteiger partial charge in [0, 0.05) is 22.1 Å². The van der Waals surface area contributed by atoms with Crippen LogP contribution in [0.5, 0.6) is 5.75 Å². The van der Waals surface area contributed by atoms with E-state index in [4.69, 9.17) is 0 Å². The number of fused-ring (bicyclic) bond motifs is 2. The summed E-state index contributed by atoms with van der Waals surface area (Å²) in [6, 6.07) is 18.4. The van der Waals surface area contributed by atoms with E-state index in [0.717, 1.165) is 24.3 Å². The first-order chi connectivity index (χ1) is 19.6. The molecule has 0 aliphatic carbocycles. The SMILES string of the molecule is O=S(=O)([O-])c1cc(O)c2c(N=Nc3ccc(Nc4ccccc4)c4c(S(=O)(=O)[O-])cccc34)cc(S(=O)(=O)[O-])cc2c1.[Na+]. The number of phenols is 1. The molecule has 5 rings (SSSR count). The Balaban J connectivity index is 0.00000423. The average molecular weight is 650 g/mol. The fourth-order valence-corrected chi connectivity index (χ4v) is 6.10. The molecule has 0 fully saturated rings. The topological polar surface area (TPSA) is 229 Å². The van der Waals surface area contributed by atoms with Gasteiger partial charge in [-0.3, -0.25) is 0 Å². The molecule has 216 valence electrons. The number of hydrogen-bond acceptors (Lipinski definition) is 13. The predicted octanol–water partition coefficient (Wildman–Crippen LogP) is 1.57. The predicted molar refractivity (Wildman–Crippen MR) is 147 cm³/mol. The Kier molecular flexibility index (Phi) is 8.99. The third kappa shape index (κ3) is 6.87. The van der Waals surface area contributed by atoms with E-state index < -0.39 is 50.8 Å². The van der Waals surface area contributed by atoms with Crippen LogP contribution in [0, 0.1) is 0 Å². The number of hydrogen-bond donors (Lipinski definition) is 2.